The first-order chi connectivity index (χ1) is 7.93. The van der Waals surface area contributed by atoms with Gasteiger partial charge in [0.25, 0.3) is 0 Å². The molecule has 96 valence electrons. The lowest BCUT2D eigenvalue weighted by Gasteiger charge is -2.41. The predicted octanol–water partition coefficient (Wildman–Crippen LogP) is 2.54. The number of aryl methyl sites for hydroxylation is 1. The van der Waals surface area contributed by atoms with Gasteiger partial charge in [-0.3, -0.25) is 9.88 Å². The van der Waals surface area contributed by atoms with Gasteiger partial charge in [0.15, 0.2) is 0 Å². The average molecular weight is 236 g/mol. The van der Waals surface area contributed by atoms with Gasteiger partial charge < -0.3 is 5.11 Å². The van der Waals surface area contributed by atoms with Gasteiger partial charge in [-0.15, -0.1) is 0 Å². The van der Waals surface area contributed by atoms with Crippen LogP contribution in [0.1, 0.15) is 45.1 Å². The molecule has 1 aromatic heterocycles. The maximum absolute atomic E-state index is 10.5. The molecule has 3 nitrogen and oxygen atoms in total. The number of aliphatic hydroxyl groups excluding tert-OH is 1. The van der Waals surface area contributed by atoms with Crippen LogP contribution in [0.4, 0.5) is 0 Å². The quantitative estimate of drug-likeness (QED) is 0.853. The smallest absolute Gasteiger partial charge is 0.0983 e. The van der Waals surface area contributed by atoms with Crippen molar-refractivity contribution < 1.29 is 5.11 Å². The van der Waals surface area contributed by atoms with Crippen molar-refractivity contribution in [3.8, 4) is 0 Å². The van der Waals surface area contributed by atoms with Crippen molar-refractivity contribution in [3.63, 3.8) is 0 Å². The van der Waals surface area contributed by atoms with Crippen LogP contribution in [0.15, 0.2) is 18.3 Å². The van der Waals surface area contributed by atoms with Gasteiger partial charge in [0.2, 0.25) is 0 Å². The van der Waals surface area contributed by atoms with Gasteiger partial charge in [0.05, 0.1) is 6.10 Å². The molecule has 0 aliphatic carbocycles. The van der Waals surface area contributed by atoms with Gasteiger partial charge in [-0.1, -0.05) is 19.9 Å². The molecule has 0 saturated heterocycles. The largest absolute Gasteiger partial charge is 0.386 e. The number of hydrogen-bond donors (Lipinski definition) is 1. The Balaban J connectivity index is 2.94. The molecular weight excluding hydrogens is 212 g/mol. The monoisotopic (exact) mass is 236 g/mol. The van der Waals surface area contributed by atoms with Crippen molar-refractivity contribution in [2.24, 2.45) is 0 Å². The topological polar surface area (TPSA) is 36.4 Å². The molecule has 0 saturated carbocycles. The summed E-state index contributed by atoms with van der Waals surface area (Å²) in [6.45, 7) is 12.2. The Labute approximate surface area is 104 Å². The maximum Gasteiger partial charge on any atom is 0.0983 e. The molecule has 0 aromatic carbocycles. The molecule has 1 N–H and O–H groups in total. The van der Waals surface area contributed by atoms with Gasteiger partial charge in [-0.2, -0.15) is 0 Å². The van der Waals surface area contributed by atoms with Crippen LogP contribution in [0.2, 0.25) is 0 Å². The Morgan fingerprint density at radius 1 is 1.29 bits per heavy atom. The standard InChI is InChI=1S/C14H24N2O/c1-6-16(7-2)14(4,5)13(17)12-9-8-11(3)15-10-12/h8-10,13,17H,6-7H2,1-5H3. The molecule has 1 rings (SSSR count). The maximum atomic E-state index is 10.5. The third kappa shape index (κ3) is 3.05. The molecular formula is C14H24N2O. The molecule has 0 bridgehead atoms. The highest BCUT2D eigenvalue weighted by atomic mass is 16.3. The highest BCUT2D eigenvalue weighted by Crippen LogP contribution is 2.30. The Bertz CT molecular complexity index is 342. The highest BCUT2D eigenvalue weighted by Gasteiger charge is 2.33. The number of hydrogen-bond acceptors (Lipinski definition) is 3. The Morgan fingerprint density at radius 3 is 2.29 bits per heavy atom. The lowest BCUT2D eigenvalue weighted by molar-refractivity contribution is -0.00645. The minimum atomic E-state index is -0.518. The summed E-state index contributed by atoms with van der Waals surface area (Å²) in [5.74, 6) is 0. The molecule has 1 aromatic rings. The number of aliphatic hydroxyl groups is 1. The second kappa shape index (κ2) is 5.61. The average Bonchev–Trinajstić information content (AvgIpc) is 2.30. The molecule has 0 aliphatic rings. The first kappa shape index (κ1) is 14.1. The van der Waals surface area contributed by atoms with Crippen LogP contribution in [-0.4, -0.2) is 33.6 Å². The van der Waals surface area contributed by atoms with E-state index in [0.29, 0.717) is 0 Å². The molecule has 0 spiro atoms. The Hall–Kier alpha value is -0.930. The van der Waals surface area contributed by atoms with Crippen molar-refractivity contribution in [1.29, 1.82) is 0 Å². The fourth-order valence-corrected chi connectivity index (χ4v) is 2.26. The summed E-state index contributed by atoms with van der Waals surface area (Å²) in [6, 6.07) is 3.90. The van der Waals surface area contributed by atoms with Gasteiger partial charge >= 0.3 is 0 Å². The van der Waals surface area contributed by atoms with Crippen molar-refractivity contribution >= 4 is 0 Å². The number of nitrogens with zero attached hydrogens (tertiary/aromatic N) is 2. The summed E-state index contributed by atoms with van der Waals surface area (Å²) in [5.41, 5.74) is 1.58. The highest BCUT2D eigenvalue weighted by molar-refractivity contribution is 5.19. The van der Waals surface area contributed by atoms with Crippen LogP contribution in [0.25, 0.3) is 0 Å². The van der Waals surface area contributed by atoms with E-state index in [2.05, 4.69) is 37.6 Å². The Kier molecular flexibility index (Phi) is 4.66. The molecule has 0 amide bonds. The van der Waals surface area contributed by atoms with Gasteiger partial charge in [-0.25, -0.2) is 0 Å². The zero-order valence-electron chi connectivity index (χ0n) is 11.6. The molecule has 17 heavy (non-hydrogen) atoms. The summed E-state index contributed by atoms with van der Waals surface area (Å²) < 4.78 is 0. The second-order valence-corrected chi connectivity index (χ2v) is 4.96. The van der Waals surface area contributed by atoms with E-state index in [0.717, 1.165) is 24.3 Å². The molecule has 1 atom stereocenters. The third-order valence-corrected chi connectivity index (χ3v) is 3.50. The fourth-order valence-electron chi connectivity index (χ4n) is 2.26. The predicted molar refractivity (Wildman–Crippen MR) is 70.9 cm³/mol. The first-order valence-electron chi connectivity index (χ1n) is 6.29. The molecule has 3 heteroatoms. The SMILES string of the molecule is CCN(CC)C(C)(C)C(O)c1ccc(C)nc1. The van der Waals surface area contributed by atoms with Crippen LogP contribution < -0.4 is 0 Å². The van der Waals surface area contributed by atoms with E-state index in [-0.39, 0.29) is 5.54 Å². The summed E-state index contributed by atoms with van der Waals surface area (Å²) in [7, 11) is 0. The summed E-state index contributed by atoms with van der Waals surface area (Å²) in [6.07, 6.45) is 1.25. The van der Waals surface area contributed by atoms with Crippen LogP contribution in [0.5, 0.6) is 0 Å². The Morgan fingerprint density at radius 2 is 1.88 bits per heavy atom. The zero-order valence-corrected chi connectivity index (χ0v) is 11.6. The second-order valence-electron chi connectivity index (χ2n) is 4.96. The van der Waals surface area contributed by atoms with Gasteiger partial charge in [-0.05, 0) is 39.9 Å². The molecule has 1 unspecified atom stereocenters. The lowest BCUT2D eigenvalue weighted by Crippen LogP contribution is -2.48. The van der Waals surface area contributed by atoms with E-state index in [1.54, 1.807) is 6.20 Å². The number of rotatable bonds is 5. The van der Waals surface area contributed by atoms with Crippen LogP contribution in [0.3, 0.4) is 0 Å². The minimum absolute atomic E-state index is 0.277. The molecule has 0 radical (unpaired) electrons. The van der Waals surface area contributed by atoms with Gasteiger partial charge in [0.1, 0.15) is 0 Å². The van der Waals surface area contributed by atoms with E-state index in [9.17, 15) is 5.11 Å². The number of aromatic nitrogens is 1. The lowest BCUT2D eigenvalue weighted by atomic mass is 9.90. The number of pyridine rings is 1. The first-order valence-corrected chi connectivity index (χ1v) is 6.29. The fraction of sp³-hybridized carbons (Fsp3) is 0.643. The summed E-state index contributed by atoms with van der Waals surface area (Å²) >= 11 is 0. The molecule has 0 aliphatic heterocycles. The molecule has 1 heterocycles. The van der Waals surface area contributed by atoms with E-state index in [1.165, 1.54) is 0 Å². The normalized spacial score (nSPS) is 14.1. The molecule has 0 fully saturated rings. The van der Waals surface area contributed by atoms with Crippen LogP contribution in [-0.2, 0) is 0 Å². The third-order valence-electron chi connectivity index (χ3n) is 3.50. The van der Waals surface area contributed by atoms with Crippen LogP contribution in [0, 0.1) is 6.92 Å². The van der Waals surface area contributed by atoms with Crippen molar-refractivity contribution in [2.45, 2.75) is 46.3 Å². The van der Waals surface area contributed by atoms with Crippen molar-refractivity contribution in [2.75, 3.05) is 13.1 Å². The van der Waals surface area contributed by atoms with Crippen LogP contribution >= 0.6 is 0 Å². The van der Waals surface area contributed by atoms with E-state index < -0.39 is 6.10 Å². The van der Waals surface area contributed by atoms with E-state index in [4.69, 9.17) is 0 Å². The van der Waals surface area contributed by atoms with Crippen molar-refractivity contribution in [1.82, 2.24) is 9.88 Å². The van der Waals surface area contributed by atoms with Gasteiger partial charge in [0, 0.05) is 23.0 Å². The van der Waals surface area contributed by atoms with Crippen molar-refractivity contribution in [3.05, 3.63) is 29.6 Å². The summed E-state index contributed by atoms with van der Waals surface area (Å²) in [5, 5.41) is 10.5. The number of likely N-dealkylation sites (N-methyl/N-ethyl adjacent to an activating group) is 1. The zero-order chi connectivity index (χ0) is 13.1. The summed E-state index contributed by atoms with van der Waals surface area (Å²) in [4.78, 5) is 6.51. The van der Waals surface area contributed by atoms with E-state index in [1.807, 2.05) is 19.1 Å². The van der Waals surface area contributed by atoms with E-state index >= 15 is 0 Å². The minimum Gasteiger partial charge on any atom is -0.386 e.